The van der Waals surface area contributed by atoms with Crippen molar-refractivity contribution >= 4 is 52.2 Å². The number of anilines is 3. The van der Waals surface area contributed by atoms with Gasteiger partial charge >= 0.3 is 6.03 Å². The number of amides is 3. The maximum Gasteiger partial charge on any atom is 0.333 e. The van der Waals surface area contributed by atoms with E-state index in [0.717, 1.165) is 16.3 Å². The molecule has 0 unspecified atom stereocenters. The van der Waals surface area contributed by atoms with Gasteiger partial charge in [-0.05, 0) is 36.4 Å². The fraction of sp³-hybridized carbons (Fsp3) is 0.0588. The van der Waals surface area contributed by atoms with Crippen molar-refractivity contribution < 1.29 is 14.3 Å². The highest BCUT2D eigenvalue weighted by molar-refractivity contribution is 6.40. The fourth-order valence-corrected chi connectivity index (χ4v) is 2.92. The van der Waals surface area contributed by atoms with E-state index >= 15 is 0 Å². The molecule has 0 spiro atoms. The number of ether oxygens (including phenoxy) is 1. The van der Waals surface area contributed by atoms with Gasteiger partial charge in [0.25, 0.3) is 5.91 Å². The van der Waals surface area contributed by atoms with Crippen LogP contribution in [0.25, 0.3) is 0 Å². The third kappa shape index (κ3) is 3.26. The minimum atomic E-state index is -0.599. The molecule has 1 fully saturated rings. The predicted molar refractivity (Wildman–Crippen MR) is 97.9 cm³/mol. The summed E-state index contributed by atoms with van der Waals surface area (Å²) in [7, 11) is 1.59. The van der Waals surface area contributed by atoms with E-state index in [1.54, 1.807) is 19.2 Å². The summed E-state index contributed by atoms with van der Waals surface area (Å²) in [6.07, 6.45) is 0. The van der Waals surface area contributed by atoms with E-state index < -0.39 is 11.9 Å². The number of urea groups is 1. The molecule has 0 bridgehead atoms. The van der Waals surface area contributed by atoms with Crippen molar-refractivity contribution in [3.05, 3.63) is 58.7 Å². The quantitative estimate of drug-likeness (QED) is 0.614. The number of carbonyl (C=O) groups excluding carboxylic acids is 2. The molecule has 1 heterocycles. The molecule has 1 saturated heterocycles. The minimum absolute atomic E-state index is 0.00740. The highest BCUT2D eigenvalue weighted by atomic mass is 35.5. The third-order valence-electron chi connectivity index (χ3n) is 3.60. The van der Waals surface area contributed by atoms with Gasteiger partial charge in [0.15, 0.2) is 0 Å². The number of methoxy groups -OCH3 is 1. The summed E-state index contributed by atoms with van der Waals surface area (Å²) < 4.78 is 5.11. The van der Waals surface area contributed by atoms with Crippen LogP contribution in [0.5, 0.6) is 5.75 Å². The zero-order valence-corrected chi connectivity index (χ0v) is 14.6. The fourth-order valence-electron chi connectivity index (χ4n) is 2.35. The maximum absolute atomic E-state index is 11.9. The highest BCUT2D eigenvalue weighted by Gasteiger charge is 2.33. The molecule has 25 heavy (non-hydrogen) atoms. The second kappa shape index (κ2) is 6.66. The van der Waals surface area contributed by atoms with Crippen molar-refractivity contribution in [2.45, 2.75) is 0 Å². The molecule has 8 heteroatoms. The van der Waals surface area contributed by atoms with E-state index in [4.69, 9.17) is 27.9 Å². The number of halogens is 2. The Labute approximate surface area is 154 Å². The first kappa shape index (κ1) is 17.1. The molecule has 2 aromatic carbocycles. The van der Waals surface area contributed by atoms with Crippen LogP contribution in [0.1, 0.15) is 0 Å². The number of nitrogens with zero attached hydrogens (tertiary/aromatic N) is 1. The molecule has 0 aliphatic carbocycles. The monoisotopic (exact) mass is 377 g/mol. The van der Waals surface area contributed by atoms with Crippen LogP contribution < -0.4 is 20.3 Å². The van der Waals surface area contributed by atoms with E-state index in [2.05, 4.69) is 17.2 Å². The van der Waals surface area contributed by atoms with Crippen molar-refractivity contribution in [2.75, 3.05) is 17.3 Å². The molecule has 2 N–H and O–H groups in total. The molecule has 0 radical (unpaired) electrons. The van der Waals surface area contributed by atoms with E-state index in [-0.39, 0.29) is 5.70 Å². The van der Waals surface area contributed by atoms with E-state index in [1.807, 2.05) is 12.1 Å². The lowest BCUT2D eigenvalue weighted by Gasteiger charge is -2.18. The summed E-state index contributed by atoms with van der Waals surface area (Å²) in [4.78, 5) is 24.5. The van der Waals surface area contributed by atoms with Gasteiger partial charge in [0.2, 0.25) is 0 Å². The van der Waals surface area contributed by atoms with Gasteiger partial charge in [-0.2, -0.15) is 0 Å². The van der Waals surface area contributed by atoms with Crippen LogP contribution in [0.2, 0.25) is 10.0 Å². The number of rotatable bonds is 4. The molecule has 0 atom stereocenters. The standard InChI is InChI=1S/C17H13Cl2N3O3/c1-9-16(23)21-17(24)22(9)11-7-13(18)15(14(19)8-11)20-10-3-5-12(25-2)6-4-10/h3-8,20H,1H2,2H3,(H,21,23,24). The van der Waals surface area contributed by atoms with Crippen LogP contribution in [-0.4, -0.2) is 19.0 Å². The highest BCUT2D eigenvalue weighted by Crippen LogP contribution is 2.38. The van der Waals surface area contributed by atoms with Crippen molar-refractivity contribution in [3.63, 3.8) is 0 Å². The molecular formula is C17H13Cl2N3O3. The van der Waals surface area contributed by atoms with E-state index in [0.29, 0.717) is 21.4 Å². The second-order valence-electron chi connectivity index (χ2n) is 5.18. The average molecular weight is 378 g/mol. The summed E-state index contributed by atoms with van der Waals surface area (Å²) in [5.41, 5.74) is 1.60. The van der Waals surface area contributed by atoms with Gasteiger partial charge < -0.3 is 10.1 Å². The molecule has 1 aliphatic rings. The molecule has 3 amide bonds. The average Bonchev–Trinajstić information content (AvgIpc) is 2.84. The summed E-state index contributed by atoms with van der Waals surface area (Å²) in [6.45, 7) is 3.59. The summed E-state index contributed by atoms with van der Waals surface area (Å²) in [5, 5.41) is 5.85. The Bertz CT molecular complexity index is 858. The number of imide groups is 1. The van der Waals surface area contributed by atoms with Gasteiger partial charge in [-0.25, -0.2) is 4.79 Å². The maximum atomic E-state index is 11.9. The molecular weight excluding hydrogens is 365 g/mol. The lowest BCUT2D eigenvalue weighted by Crippen LogP contribution is -2.27. The Hall–Kier alpha value is -2.70. The molecule has 0 saturated carbocycles. The van der Waals surface area contributed by atoms with Crippen LogP contribution in [0.15, 0.2) is 48.7 Å². The third-order valence-corrected chi connectivity index (χ3v) is 4.20. The minimum Gasteiger partial charge on any atom is -0.497 e. The van der Waals surface area contributed by atoms with Crippen molar-refractivity contribution in [3.8, 4) is 5.75 Å². The zero-order chi connectivity index (χ0) is 18.1. The normalized spacial score (nSPS) is 13.9. The Morgan fingerprint density at radius 2 is 1.72 bits per heavy atom. The SMILES string of the molecule is C=C1C(=O)NC(=O)N1c1cc(Cl)c(Nc2ccc(OC)cc2)c(Cl)c1. The smallest absolute Gasteiger partial charge is 0.333 e. The first-order valence-electron chi connectivity index (χ1n) is 7.15. The number of benzene rings is 2. The Kier molecular flexibility index (Phi) is 4.57. The summed E-state index contributed by atoms with van der Waals surface area (Å²) in [6, 6.07) is 9.68. The van der Waals surface area contributed by atoms with Crippen LogP contribution in [0, 0.1) is 0 Å². The zero-order valence-electron chi connectivity index (χ0n) is 13.1. The molecule has 1 aliphatic heterocycles. The Morgan fingerprint density at radius 1 is 1.12 bits per heavy atom. The lowest BCUT2D eigenvalue weighted by atomic mass is 10.2. The molecule has 0 aromatic heterocycles. The van der Waals surface area contributed by atoms with Gasteiger partial charge in [-0.1, -0.05) is 29.8 Å². The van der Waals surface area contributed by atoms with E-state index in [9.17, 15) is 9.59 Å². The second-order valence-corrected chi connectivity index (χ2v) is 5.99. The van der Waals surface area contributed by atoms with Gasteiger partial charge in [0, 0.05) is 5.69 Å². The van der Waals surface area contributed by atoms with Gasteiger partial charge in [0.05, 0.1) is 28.5 Å². The topological polar surface area (TPSA) is 70.7 Å². The van der Waals surface area contributed by atoms with Crippen molar-refractivity contribution in [1.29, 1.82) is 0 Å². The number of hydrogen-bond donors (Lipinski definition) is 2. The number of carbonyl (C=O) groups is 2. The molecule has 128 valence electrons. The largest absolute Gasteiger partial charge is 0.497 e. The van der Waals surface area contributed by atoms with E-state index in [1.165, 1.54) is 12.1 Å². The van der Waals surface area contributed by atoms with Crippen molar-refractivity contribution in [1.82, 2.24) is 5.32 Å². The van der Waals surface area contributed by atoms with Gasteiger partial charge in [-0.15, -0.1) is 0 Å². The number of nitrogens with one attached hydrogen (secondary N) is 2. The van der Waals surface area contributed by atoms with Gasteiger partial charge in [0.1, 0.15) is 11.4 Å². The van der Waals surface area contributed by atoms with Crippen LogP contribution in [0.3, 0.4) is 0 Å². The molecule has 6 nitrogen and oxygen atoms in total. The van der Waals surface area contributed by atoms with Crippen LogP contribution >= 0.6 is 23.2 Å². The number of hydrogen-bond acceptors (Lipinski definition) is 4. The first-order valence-corrected chi connectivity index (χ1v) is 7.90. The van der Waals surface area contributed by atoms with Crippen LogP contribution in [0.4, 0.5) is 21.9 Å². The van der Waals surface area contributed by atoms with Crippen LogP contribution in [-0.2, 0) is 4.79 Å². The molecule has 2 aromatic rings. The summed E-state index contributed by atoms with van der Waals surface area (Å²) >= 11 is 12.6. The summed E-state index contributed by atoms with van der Waals surface area (Å²) in [5.74, 6) is 0.166. The lowest BCUT2D eigenvalue weighted by molar-refractivity contribution is -0.115. The molecule has 3 rings (SSSR count). The predicted octanol–water partition coefficient (Wildman–Crippen LogP) is 4.32. The van der Waals surface area contributed by atoms with Gasteiger partial charge in [-0.3, -0.25) is 15.0 Å². The Morgan fingerprint density at radius 3 is 2.20 bits per heavy atom. The van der Waals surface area contributed by atoms with Crippen molar-refractivity contribution in [2.24, 2.45) is 0 Å². The first-order chi connectivity index (χ1) is 11.9. The Balaban J connectivity index is 1.91.